The molecular formula is C11H11ClN2O. The molecule has 1 rings (SSSR count). The number of nitrogens with zero attached hydrogens (tertiary/aromatic N) is 1. The first-order valence-electron chi connectivity index (χ1n) is 4.65. The molecule has 0 aliphatic rings. The fraction of sp³-hybridized carbons (Fsp3) is 0.273. The van der Waals surface area contributed by atoms with Gasteiger partial charge in [0.25, 0.3) is 5.91 Å². The van der Waals surface area contributed by atoms with Crippen LogP contribution < -0.4 is 5.32 Å². The third kappa shape index (κ3) is 3.61. The standard InChI is InChI=1S/C11H11ClN2O/c12-10-6-2-1-5-9(10)11(15)14-8-4-3-7-13/h1-2,5-6H,3-4,8H2,(H,14,15). The molecule has 1 N–H and O–H groups in total. The molecule has 4 heteroatoms. The van der Waals surface area contributed by atoms with E-state index in [0.717, 1.165) is 0 Å². The van der Waals surface area contributed by atoms with Gasteiger partial charge < -0.3 is 5.32 Å². The molecule has 0 bridgehead atoms. The van der Waals surface area contributed by atoms with Gasteiger partial charge in [-0.2, -0.15) is 5.26 Å². The number of carbonyl (C=O) groups excluding carboxylic acids is 1. The van der Waals surface area contributed by atoms with E-state index in [1.807, 2.05) is 6.07 Å². The Kier molecular flexibility index (Phi) is 4.65. The summed E-state index contributed by atoms with van der Waals surface area (Å²) >= 11 is 5.85. The van der Waals surface area contributed by atoms with Crippen molar-refractivity contribution in [1.82, 2.24) is 5.32 Å². The van der Waals surface area contributed by atoms with Gasteiger partial charge in [0.2, 0.25) is 0 Å². The van der Waals surface area contributed by atoms with E-state index in [1.54, 1.807) is 24.3 Å². The Hall–Kier alpha value is -1.53. The number of rotatable bonds is 4. The van der Waals surface area contributed by atoms with Gasteiger partial charge in [-0.1, -0.05) is 23.7 Å². The lowest BCUT2D eigenvalue weighted by atomic mass is 10.2. The van der Waals surface area contributed by atoms with E-state index in [1.165, 1.54) is 0 Å². The molecule has 0 aromatic heterocycles. The smallest absolute Gasteiger partial charge is 0.252 e. The second-order valence-corrected chi connectivity index (χ2v) is 3.40. The number of benzene rings is 1. The van der Waals surface area contributed by atoms with Gasteiger partial charge in [-0.3, -0.25) is 4.79 Å². The molecule has 15 heavy (non-hydrogen) atoms. The molecule has 1 aromatic rings. The molecule has 0 aliphatic carbocycles. The molecular weight excluding hydrogens is 212 g/mol. The quantitative estimate of drug-likeness (QED) is 0.796. The summed E-state index contributed by atoms with van der Waals surface area (Å²) in [6, 6.07) is 8.89. The van der Waals surface area contributed by atoms with Gasteiger partial charge in [-0.25, -0.2) is 0 Å². The summed E-state index contributed by atoms with van der Waals surface area (Å²) in [5, 5.41) is 11.4. The van der Waals surface area contributed by atoms with Crippen LogP contribution in [-0.2, 0) is 0 Å². The highest BCUT2D eigenvalue weighted by molar-refractivity contribution is 6.33. The maximum atomic E-state index is 11.6. The molecule has 0 spiro atoms. The first-order chi connectivity index (χ1) is 7.25. The van der Waals surface area contributed by atoms with Gasteiger partial charge in [-0.15, -0.1) is 0 Å². The van der Waals surface area contributed by atoms with Crippen LogP contribution in [-0.4, -0.2) is 12.5 Å². The zero-order chi connectivity index (χ0) is 11.1. The third-order valence-corrected chi connectivity index (χ3v) is 2.20. The van der Waals surface area contributed by atoms with Gasteiger partial charge in [0.15, 0.2) is 0 Å². The topological polar surface area (TPSA) is 52.9 Å². The maximum Gasteiger partial charge on any atom is 0.252 e. The van der Waals surface area contributed by atoms with E-state index in [4.69, 9.17) is 16.9 Å². The maximum absolute atomic E-state index is 11.6. The summed E-state index contributed by atoms with van der Waals surface area (Å²) < 4.78 is 0. The van der Waals surface area contributed by atoms with Crippen molar-refractivity contribution in [3.8, 4) is 6.07 Å². The number of unbranched alkanes of at least 4 members (excludes halogenated alkanes) is 1. The van der Waals surface area contributed by atoms with Crippen LogP contribution in [0.4, 0.5) is 0 Å². The monoisotopic (exact) mass is 222 g/mol. The van der Waals surface area contributed by atoms with Crippen LogP contribution >= 0.6 is 11.6 Å². The molecule has 1 amide bonds. The predicted molar refractivity (Wildman–Crippen MR) is 58.6 cm³/mol. The van der Waals surface area contributed by atoms with Crippen molar-refractivity contribution in [2.75, 3.05) is 6.54 Å². The van der Waals surface area contributed by atoms with Crippen molar-refractivity contribution in [3.63, 3.8) is 0 Å². The van der Waals surface area contributed by atoms with Gasteiger partial charge >= 0.3 is 0 Å². The molecule has 0 radical (unpaired) electrons. The number of halogens is 1. The molecule has 0 atom stereocenters. The Labute approximate surface area is 93.7 Å². The van der Waals surface area contributed by atoms with Crippen LogP contribution in [0.5, 0.6) is 0 Å². The summed E-state index contributed by atoms with van der Waals surface area (Å²) in [5.41, 5.74) is 0.469. The SMILES string of the molecule is N#CCCCNC(=O)c1ccccc1Cl. The minimum atomic E-state index is -0.196. The highest BCUT2D eigenvalue weighted by Crippen LogP contribution is 2.14. The zero-order valence-corrected chi connectivity index (χ0v) is 8.92. The lowest BCUT2D eigenvalue weighted by molar-refractivity contribution is 0.0953. The summed E-state index contributed by atoms with van der Waals surface area (Å²) in [4.78, 5) is 11.6. The van der Waals surface area contributed by atoms with Crippen molar-refractivity contribution in [2.45, 2.75) is 12.8 Å². The van der Waals surface area contributed by atoms with Crippen LogP contribution in [0.2, 0.25) is 5.02 Å². The minimum Gasteiger partial charge on any atom is -0.352 e. The number of amides is 1. The van der Waals surface area contributed by atoms with E-state index in [2.05, 4.69) is 5.32 Å². The van der Waals surface area contributed by atoms with Crippen molar-refractivity contribution >= 4 is 17.5 Å². The summed E-state index contributed by atoms with van der Waals surface area (Å²) in [7, 11) is 0. The van der Waals surface area contributed by atoms with Gasteiger partial charge in [0.1, 0.15) is 0 Å². The average molecular weight is 223 g/mol. The van der Waals surface area contributed by atoms with Crippen LogP contribution in [0.3, 0.4) is 0 Å². The number of nitriles is 1. The summed E-state index contributed by atoms with van der Waals surface area (Å²) in [6.07, 6.45) is 1.11. The number of nitrogens with one attached hydrogen (secondary N) is 1. The fourth-order valence-electron chi connectivity index (χ4n) is 1.11. The largest absolute Gasteiger partial charge is 0.352 e. The molecule has 0 unspecified atom stereocenters. The number of carbonyl (C=O) groups is 1. The number of hydrogen-bond donors (Lipinski definition) is 1. The van der Waals surface area contributed by atoms with Crippen molar-refractivity contribution in [2.24, 2.45) is 0 Å². The second-order valence-electron chi connectivity index (χ2n) is 3.00. The molecule has 0 heterocycles. The van der Waals surface area contributed by atoms with Crippen LogP contribution in [0.15, 0.2) is 24.3 Å². The van der Waals surface area contributed by atoms with Gasteiger partial charge in [0.05, 0.1) is 16.7 Å². The molecule has 78 valence electrons. The number of hydrogen-bond acceptors (Lipinski definition) is 2. The summed E-state index contributed by atoms with van der Waals surface area (Å²) in [6.45, 7) is 0.498. The highest BCUT2D eigenvalue weighted by atomic mass is 35.5. The molecule has 0 fully saturated rings. The summed E-state index contributed by atoms with van der Waals surface area (Å²) in [5.74, 6) is -0.196. The van der Waals surface area contributed by atoms with Crippen molar-refractivity contribution in [1.29, 1.82) is 5.26 Å². The van der Waals surface area contributed by atoms with E-state index in [-0.39, 0.29) is 5.91 Å². The third-order valence-electron chi connectivity index (χ3n) is 1.87. The lowest BCUT2D eigenvalue weighted by Gasteiger charge is -2.04. The second kappa shape index (κ2) is 6.05. The Morgan fingerprint density at radius 2 is 2.20 bits per heavy atom. The molecule has 0 saturated heterocycles. The first-order valence-corrected chi connectivity index (χ1v) is 5.03. The first kappa shape index (κ1) is 11.5. The van der Waals surface area contributed by atoms with E-state index >= 15 is 0 Å². The Balaban J connectivity index is 2.48. The van der Waals surface area contributed by atoms with Gasteiger partial charge in [-0.05, 0) is 18.6 Å². The molecule has 0 saturated carbocycles. The fourth-order valence-corrected chi connectivity index (χ4v) is 1.33. The van der Waals surface area contributed by atoms with Gasteiger partial charge in [0, 0.05) is 13.0 Å². The highest BCUT2D eigenvalue weighted by Gasteiger charge is 2.07. The Bertz CT molecular complexity index is 384. The molecule has 3 nitrogen and oxygen atoms in total. The van der Waals surface area contributed by atoms with E-state index in [9.17, 15) is 4.79 Å². The Morgan fingerprint density at radius 1 is 1.47 bits per heavy atom. The minimum absolute atomic E-state index is 0.196. The molecule has 0 aliphatic heterocycles. The van der Waals surface area contributed by atoms with Crippen LogP contribution in [0.25, 0.3) is 0 Å². The normalized spacial score (nSPS) is 9.33. The zero-order valence-electron chi connectivity index (χ0n) is 8.16. The molecule has 1 aromatic carbocycles. The van der Waals surface area contributed by atoms with Crippen molar-refractivity contribution < 1.29 is 4.79 Å². The van der Waals surface area contributed by atoms with E-state index in [0.29, 0.717) is 30.0 Å². The lowest BCUT2D eigenvalue weighted by Crippen LogP contribution is -2.24. The van der Waals surface area contributed by atoms with Crippen LogP contribution in [0, 0.1) is 11.3 Å². The van der Waals surface area contributed by atoms with E-state index < -0.39 is 0 Å². The van der Waals surface area contributed by atoms with Crippen LogP contribution in [0.1, 0.15) is 23.2 Å². The predicted octanol–water partition coefficient (Wildman–Crippen LogP) is 2.37. The Morgan fingerprint density at radius 3 is 2.87 bits per heavy atom. The average Bonchev–Trinajstić information content (AvgIpc) is 2.25. The van der Waals surface area contributed by atoms with Crippen molar-refractivity contribution in [3.05, 3.63) is 34.9 Å².